The molecular formula is C17H19N3O. The number of nitrogens with zero attached hydrogens (tertiary/aromatic N) is 1. The number of hydrogen-bond donors (Lipinski definition) is 2. The van der Waals surface area contributed by atoms with E-state index in [0.29, 0.717) is 5.82 Å². The molecule has 0 amide bonds. The number of nitrogen functional groups attached to an aromatic ring is 1. The van der Waals surface area contributed by atoms with Crippen LogP contribution in [0.5, 0.6) is 5.75 Å². The number of anilines is 1. The molecule has 108 valence electrons. The molecule has 0 aliphatic heterocycles. The first-order chi connectivity index (χ1) is 10.2. The summed E-state index contributed by atoms with van der Waals surface area (Å²) in [6.45, 7) is 0. The number of rotatable bonds is 3. The highest BCUT2D eigenvalue weighted by molar-refractivity contribution is 5.69. The fraction of sp³-hybridized carbons (Fsp3) is 0.353. The molecule has 1 saturated carbocycles. The van der Waals surface area contributed by atoms with Crippen LogP contribution < -0.4 is 16.2 Å². The molecule has 1 aromatic heterocycles. The molecule has 2 atom stereocenters. The Labute approximate surface area is 124 Å². The Hall–Kier alpha value is -2.07. The number of benzene rings is 1. The van der Waals surface area contributed by atoms with E-state index in [1.807, 2.05) is 18.2 Å². The van der Waals surface area contributed by atoms with Gasteiger partial charge in [0.1, 0.15) is 17.7 Å². The molecule has 21 heavy (non-hydrogen) atoms. The van der Waals surface area contributed by atoms with Gasteiger partial charge in [0.25, 0.3) is 0 Å². The van der Waals surface area contributed by atoms with Crippen LogP contribution in [0.4, 0.5) is 5.82 Å². The van der Waals surface area contributed by atoms with Crippen molar-refractivity contribution in [2.45, 2.75) is 37.8 Å². The minimum absolute atomic E-state index is 0.200. The largest absolute Gasteiger partial charge is 0.488 e. The lowest BCUT2D eigenvalue weighted by atomic mass is 9.99. The Balaban J connectivity index is 1.75. The van der Waals surface area contributed by atoms with Gasteiger partial charge in [0, 0.05) is 18.0 Å². The Morgan fingerprint density at radius 2 is 1.90 bits per heavy atom. The topological polar surface area (TPSA) is 74.2 Å². The zero-order valence-corrected chi connectivity index (χ0v) is 11.9. The minimum atomic E-state index is 0.200. The second-order valence-electron chi connectivity index (χ2n) is 5.93. The predicted molar refractivity (Wildman–Crippen MR) is 83.1 cm³/mol. The maximum atomic E-state index is 6.02. The average Bonchev–Trinajstić information content (AvgIpc) is 2.98. The highest BCUT2D eigenvalue weighted by Crippen LogP contribution is 2.39. The Morgan fingerprint density at radius 1 is 1.10 bits per heavy atom. The molecule has 4 rings (SSSR count). The van der Waals surface area contributed by atoms with Crippen molar-refractivity contribution in [2.24, 2.45) is 5.73 Å². The average molecular weight is 281 g/mol. The van der Waals surface area contributed by atoms with Crippen LogP contribution in [0, 0.1) is 0 Å². The first-order valence-corrected chi connectivity index (χ1v) is 7.52. The maximum Gasteiger partial charge on any atom is 0.124 e. The number of hydrogen-bond acceptors (Lipinski definition) is 4. The van der Waals surface area contributed by atoms with Gasteiger partial charge in [0.15, 0.2) is 0 Å². The number of nitrogens with two attached hydrogens (primary N) is 2. The molecule has 0 bridgehead atoms. The van der Waals surface area contributed by atoms with Crippen LogP contribution in [0.25, 0.3) is 11.3 Å². The summed E-state index contributed by atoms with van der Waals surface area (Å²) in [4.78, 5) is 4.45. The van der Waals surface area contributed by atoms with Gasteiger partial charge in [-0.05, 0) is 54.7 Å². The van der Waals surface area contributed by atoms with Gasteiger partial charge in [-0.15, -0.1) is 0 Å². The van der Waals surface area contributed by atoms with Crippen molar-refractivity contribution in [1.82, 2.24) is 4.98 Å². The lowest BCUT2D eigenvalue weighted by Crippen LogP contribution is -2.11. The smallest absolute Gasteiger partial charge is 0.124 e. The Bertz CT molecular complexity index is 698. The molecule has 0 saturated heterocycles. The molecule has 0 spiro atoms. The van der Waals surface area contributed by atoms with Crippen LogP contribution in [0.2, 0.25) is 0 Å². The SMILES string of the molecule is Nc1cccc(-c2ccc(OC3CC3N)c3c2CCC3)n1. The van der Waals surface area contributed by atoms with Gasteiger partial charge < -0.3 is 16.2 Å². The van der Waals surface area contributed by atoms with Crippen molar-refractivity contribution in [3.63, 3.8) is 0 Å². The van der Waals surface area contributed by atoms with Crippen LogP contribution in [-0.4, -0.2) is 17.1 Å². The quantitative estimate of drug-likeness (QED) is 0.905. The third-order valence-corrected chi connectivity index (χ3v) is 4.35. The maximum absolute atomic E-state index is 6.02. The van der Waals surface area contributed by atoms with Crippen molar-refractivity contribution in [3.05, 3.63) is 41.5 Å². The van der Waals surface area contributed by atoms with Gasteiger partial charge in [-0.2, -0.15) is 0 Å². The van der Waals surface area contributed by atoms with E-state index >= 15 is 0 Å². The van der Waals surface area contributed by atoms with Crippen molar-refractivity contribution in [1.29, 1.82) is 0 Å². The highest BCUT2D eigenvalue weighted by Gasteiger charge is 2.37. The zero-order valence-electron chi connectivity index (χ0n) is 11.9. The molecule has 4 nitrogen and oxygen atoms in total. The first-order valence-electron chi connectivity index (χ1n) is 7.52. The standard InChI is InChI=1S/C17H19N3O/c18-13-9-16(13)21-15-8-7-11(10-3-1-4-12(10)15)14-5-2-6-17(19)20-14/h2,5-8,13,16H,1,3-4,9,18H2,(H2,19,20). The Morgan fingerprint density at radius 3 is 2.67 bits per heavy atom. The molecule has 2 unspecified atom stereocenters. The number of aromatic nitrogens is 1. The van der Waals surface area contributed by atoms with Gasteiger partial charge in [-0.1, -0.05) is 6.07 Å². The summed E-state index contributed by atoms with van der Waals surface area (Å²) < 4.78 is 6.02. The van der Waals surface area contributed by atoms with Crippen molar-refractivity contribution in [3.8, 4) is 17.0 Å². The fourth-order valence-corrected chi connectivity index (χ4v) is 3.11. The zero-order chi connectivity index (χ0) is 14.4. The van der Waals surface area contributed by atoms with E-state index in [-0.39, 0.29) is 12.1 Å². The molecule has 1 aromatic carbocycles. The monoisotopic (exact) mass is 281 g/mol. The summed E-state index contributed by atoms with van der Waals surface area (Å²) in [6, 6.07) is 10.2. The number of fused-ring (bicyclic) bond motifs is 1. The molecule has 4 N–H and O–H groups in total. The van der Waals surface area contributed by atoms with E-state index in [4.69, 9.17) is 16.2 Å². The highest BCUT2D eigenvalue weighted by atomic mass is 16.5. The van der Waals surface area contributed by atoms with E-state index in [1.165, 1.54) is 23.1 Å². The van der Waals surface area contributed by atoms with Gasteiger partial charge in [0.05, 0.1) is 5.69 Å². The van der Waals surface area contributed by atoms with E-state index in [2.05, 4.69) is 17.1 Å². The van der Waals surface area contributed by atoms with Crippen molar-refractivity contribution >= 4 is 5.82 Å². The van der Waals surface area contributed by atoms with Gasteiger partial charge in [0.2, 0.25) is 0 Å². The third kappa shape index (κ3) is 2.25. The Kier molecular flexibility index (Phi) is 2.86. The van der Waals surface area contributed by atoms with E-state index in [1.54, 1.807) is 0 Å². The summed E-state index contributed by atoms with van der Waals surface area (Å²) in [6.07, 6.45) is 4.48. The first kappa shape index (κ1) is 12.7. The normalized spacial score (nSPS) is 22.9. The molecule has 4 heteroatoms. The van der Waals surface area contributed by atoms with Crippen LogP contribution in [-0.2, 0) is 12.8 Å². The van der Waals surface area contributed by atoms with E-state index in [9.17, 15) is 0 Å². The van der Waals surface area contributed by atoms with Crippen LogP contribution in [0.3, 0.4) is 0 Å². The lowest BCUT2D eigenvalue weighted by Gasteiger charge is -2.14. The second kappa shape index (κ2) is 4.74. The van der Waals surface area contributed by atoms with Crippen LogP contribution in [0.1, 0.15) is 24.0 Å². The summed E-state index contributed by atoms with van der Waals surface area (Å²) in [7, 11) is 0. The summed E-state index contributed by atoms with van der Waals surface area (Å²) in [5.74, 6) is 1.57. The second-order valence-corrected chi connectivity index (χ2v) is 5.93. The molecule has 2 aliphatic rings. The molecule has 2 aliphatic carbocycles. The van der Waals surface area contributed by atoms with E-state index < -0.39 is 0 Å². The summed E-state index contributed by atoms with van der Waals surface area (Å²) >= 11 is 0. The number of ether oxygens (including phenoxy) is 1. The third-order valence-electron chi connectivity index (χ3n) is 4.35. The fourth-order valence-electron chi connectivity index (χ4n) is 3.11. The summed E-state index contributed by atoms with van der Waals surface area (Å²) in [5, 5.41) is 0. The van der Waals surface area contributed by atoms with Crippen molar-refractivity contribution in [2.75, 3.05) is 5.73 Å². The predicted octanol–water partition coefficient (Wildman–Crippen LogP) is 2.30. The van der Waals surface area contributed by atoms with Gasteiger partial charge >= 0.3 is 0 Å². The lowest BCUT2D eigenvalue weighted by molar-refractivity contribution is 0.293. The molecule has 2 aromatic rings. The van der Waals surface area contributed by atoms with Crippen LogP contribution >= 0.6 is 0 Å². The molecular weight excluding hydrogens is 262 g/mol. The van der Waals surface area contributed by atoms with Crippen LogP contribution in [0.15, 0.2) is 30.3 Å². The summed E-state index contributed by atoms with van der Waals surface area (Å²) in [5.41, 5.74) is 16.5. The molecule has 1 fully saturated rings. The minimum Gasteiger partial charge on any atom is -0.488 e. The number of pyridine rings is 1. The van der Waals surface area contributed by atoms with Gasteiger partial charge in [-0.3, -0.25) is 0 Å². The molecule has 1 heterocycles. The van der Waals surface area contributed by atoms with Crippen molar-refractivity contribution < 1.29 is 4.74 Å². The van der Waals surface area contributed by atoms with Gasteiger partial charge in [-0.25, -0.2) is 4.98 Å². The molecule has 0 radical (unpaired) electrons. The van der Waals surface area contributed by atoms with E-state index in [0.717, 1.165) is 30.7 Å².